The van der Waals surface area contributed by atoms with Gasteiger partial charge in [0.1, 0.15) is 12.4 Å². The summed E-state index contributed by atoms with van der Waals surface area (Å²) in [5.41, 5.74) is 4.90. The number of nitrogens with zero attached hydrogens (tertiary/aromatic N) is 1. The number of ketones is 1. The van der Waals surface area contributed by atoms with E-state index < -0.39 is 0 Å². The van der Waals surface area contributed by atoms with Crippen molar-refractivity contribution in [2.24, 2.45) is 5.92 Å². The minimum atomic E-state index is -0.227. The maximum atomic E-state index is 13.3. The SMILES string of the molecule is COCCOCCC(=O)C1CC2CCCC(C1)N2C(=O)OCC1c2ccccc2-c2ccccc21. The monoisotopic (exact) mass is 477 g/mol. The average molecular weight is 478 g/mol. The van der Waals surface area contributed by atoms with Crippen molar-refractivity contribution in [1.29, 1.82) is 0 Å². The van der Waals surface area contributed by atoms with Crippen LogP contribution in [0.3, 0.4) is 0 Å². The molecule has 2 heterocycles. The fraction of sp³-hybridized carbons (Fsp3) is 0.517. The summed E-state index contributed by atoms with van der Waals surface area (Å²) < 4.78 is 16.5. The van der Waals surface area contributed by atoms with Crippen LogP contribution in [0, 0.1) is 5.92 Å². The second-order valence-electron chi connectivity index (χ2n) is 9.94. The lowest BCUT2D eigenvalue weighted by molar-refractivity contribution is -0.127. The first-order valence-corrected chi connectivity index (χ1v) is 12.9. The summed E-state index contributed by atoms with van der Waals surface area (Å²) in [6, 6.07) is 16.9. The Balaban J connectivity index is 1.20. The smallest absolute Gasteiger partial charge is 0.410 e. The van der Waals surface area contributed by atoms with Crippen molar-refractivity contribution >= 4 is 11.9 Å². The van der Waals surface area contributed by atoms with E-state index in [-0.39, 0.29) is 35.8 Å². The van der Waals surface area contributed by atoms with E-state index in [2.05, 4.69) is 36.4 Å². The Kier molecular flexibility index (Phi) is 7.49. The van der Waals surface area contributed by atoms with Gasteiger partial charge < -0.3 is 19.1 Å². The van der Waals surface area contributed by atoms with Crippen LogP contribution in [-0.2, 0) is 19.0 Å². The molecule has 2 aliphatic heterocycles. The van der Waals surface area contributed by atoms with E-state index in [1.807, 2.05) is 17.0 Å². The van der Waals surface area contributed by atoms with E-state index in [1.165, 1.54) is 22.3 Å². The number of fused-ring (bicyclic) bond motifs is 5. The molecule has 3 aliphatic rings. The summed E-state index contributed by atoms with van der Waals surface area (Å²) in [6.07, 6.45) is 4.65. The molecule has 1 amide bonds. The van der Waals surface area contributed by atoms with Gasteiger partial charge in [-0.05, 0) is 54.4 Å². The number of amides is 1. The molecule has 2 bridgehead atoms. The van der Waals surface area contributed by atoms with Gasteiger partial charge in [0.25, 0.3) is 0 Å². The van der Waals surface area contributed by atoms with Crippen molar-refractivity contribution in [3.8, 4) is 11.1 Å². The highest BCUT2D eigenvalue weighted by molar-refractivity contribution is 5.82. The lowest BCUT2D eigenvalue weighted by atomic mass is 9.76. The van der Waals surface area contributed by atoms with Gasteiger partial charge in [0.2, 0.25) is 0 Å². The summed E-state index contributed by atoms with van der Waals surface area (Å²) in [7, 11) is 1.64. The molecule has 0 aromatic heterocycles. The van der Waals surface area contributed by atoms with Gasteiger partial charge in [-0.2, -0.15) is 0 Å². The molecule has 2 aromatic carbocycles. The molecule has 1 aliphatic carbocycles. The van der Waals surface area contributed by atoms with Crippen LogP contribution in [0.15, 0.2) is 48.5 Å². The molecule has 186 valence electrons. The summed E-state index contributed by atoms with van der Waals surface area (Å²) >= 11 is 0. The standard InChI is InChI=1S/C29H35NO5/c1-33-15-16-34-14-13-28(31)20-17-21-7-6-8-22(18-20)30(21)29(32)35-19-27-25-11-4-2-9-23(25)24-10-3-5-12-26(24)27/h2-5,9-12,20-22,27H,6-8,13-19H2,1H3. The number of carbonyl (C=O) groups is 2. The summed E-state index contributed by atoms with van der Waals surface area (Å²) in [4.78, 5) is 28.1. The molecule has 35 heavy (non-hydrogen) atoms. The van der Waals surface area contributed by atoms with Crippen LogP contribution in [0.2, 0.25) is 0 Å². The molecule has 0 saturated carbocycles. The van der Waals surface area contributed by atoms with Crippen molar-refractivity contribution in [3.63, 3.8) is 0 Å². The van der Waals surface area contributed by atoms with E-state index in [9.17, 15) is 9.59 Å². The molecule has 5 rings (SSSR count). The second kappa shape index (κ2) is 10.9. The number of hydrogen-bond donors (Lipinski definition) is 0. The zero-order chi connectivity index (χ0) is 24.2. The lowest BCUT2D eigenvalue weighted by Crippen LogP contribution is -2.56. The van der Waals surface area contributed by atoms with Crippen LogP contribution >= 0.6 is 0 Å². The molecule has 0 radical (unpaired) electrons. The molecule has 2 saturated heterocycles. The minimum absolute atomic E-state index is 0.00830. The van der Waals surface area contributed by atoms with Crippen LogP contribution in [-0.4, -0.2) is 62.4 Å². The quantitative estimate of drug-likeness (QED) is 0.465. The Morgan fingerprint density at radius 3 is 2.14 bits per heavy atom. The molecular weight excluding hydrogens is 442 g/mol. The molecule has 0 spiro atoms. The van der Waals surface area contributed by atoms with Crippen molar-refractivity contribution < 1.29 is 23.8 Å². The third-order valence-electron chi connectivity index (χ3n) is 7.90. The number of piperidine rings is 2. The van der Waals surface area contributed by atoms with E-state index in [0.29, 0.717) is 32.8 Å². The number of hydrogen-bond acceptors (Lipinski definition) is 5. The third-order valence-corrected chi connectivity index (χ3v) is 7.90. The van der Waals surface area contributed by atoms with Crippen LogP contribution < -0.4 is 0 Å². The summed E-state index contributed by atoms with van der Waals surface area (Å²) in [5, 5.41) is 0. The highest BCUT2D eigenvalue weighted by Crippen LogP contribution is 2.45. The Morgan fingerprint density at radius 2 is 1.51 bits per heavy atom. The predicted molar refractivity (Wildman–Crippen MR) is 133 cm³/mol. The van der Waals surface area contributed by atoms with E-state index in [1.54, 1.807) is 7.11 Å². The van der Waals surface area contributed by atoms with Crippen molar-refractivity contribution in [3.05, 3.63) is 59.7 Å². The first kappa shape index (κ1) is 24.0. The molecule has 0 N–H and O–H groups in total. The highest BCUT2D eigenvalue weighted by Gasteiger charge is 2.43. The molecule has 2 fully saturated rings. The van der Waals surface area contributed by atoms with Crippen LogP contribution in [0.5, 0.6) is 0 Å². The molecule has 2 aromatic rings. The summed E-state index contributed by atoms with van der Waals surface area (Å²) in [6.45, 7) is 1.82. The maximum absolute atomic E-state index is 13.3. The number of rotatable bonds is 9. The number of carbonyl (C=O) groups excluding carboxylic acids is 2. The Hall–Kier alpha value is -2.70. The first-order valence-electron chi connectivity index (χ1n) is 12.9. The summed E-state index contributed by atoms with van der Waals surface area (Å²) in [5.74, 6) is 0.323. The van der Waals surface area contributed by atoms with E-state index in [0.717, 1.165) is 32.1 Å². The van der Waals surface area contributed by atoms with Gasteiger partial charge in [0, 0.05) is 37.5 Å². The predicted octanol–water partition coefficient (Wildman–Crippen LogP) is 5.19. The maximum Gasteiger partial charge on any atom is 0.410 e. The van der Waals surface area contributed by atoms with Crippen LogP contribution in [0.4, 0.5) is 4.79 Å². The van der Waals surface area contributed by atoms with Gasteiger partial charge in [-0.3, -0.25) is 4.79 Å². The Labute approximate surface area is 207 Å². The molecule has 6 heteroatoms. The molecular formula is C29H35NO5. The Bertz CT molecular complexity index is 993. The first-order chi connectivity index (χ1) is 17.2. The number of methoxy groups -OCH3 is 1. The van der Waals surface area contributed by atoms with Gasteiger partial charge in [0.05, 0.1) is 19.8 Å². The third kappa shape index (κ3) is 5.00. The van der Waals surface area contributed by atoms with Crippen molar-refractivity contribution in [2.45, 2.75) is 56.5 Å². The number of ether oxygens (including phenoxy) is 3. The molecule has 2 unspecified atom stereocenters. The lowest BCUT2D eigenvalue weighted by Gasteiger charge is -2.47. The van der Waals surface area contributed by atoms with Crippen LogP contribution in [0.25, 0.3) is 11.1 Å². The van der Waals surface area contributed by atoms with E-state index >= 15 is 0 Å². The van der Waals surface area contributed by atoms with Gasteiger partial charge in [-0.15, -0.1) is 0 Å². The average Bonchev–Trinajstić information content (AvgIpc) is 3.20. The van der Waals surface area contributed by atoms with Crippen molar-refractivity contribution in [2.75, 3.05) is 33.5 Å². The fourth-order valence-electron chi connectivity index (χ4n) is 6.23. The second-order valence-corrected chi connectivity index (χ2v) is 9.94. The van der Waals surface area contributed by atoms with Gasteiger partial charge in [-0.1, -0.05) is 48.5 Å². The zero-order valence-corrected chi connectivity index (χ0v) is 20.5. The number of benzene rings is 2. The van der Waals surface area contributed by atoms with Crippen LogP contribution in [0.1, 0.15) is 55.6 Å². The van der Waals surface area contributed by atoms with Crippen molar-refractivity contribution in [1.82, 2.24) is 4.90 Å². The molecule has 6 nitrogen and oxygen atoms in total. The fourth-order valence-corrected chi connectivity index (χ4v) is 6.23. The van der Waals surface area contributed by atoms with Gasteiger partial charge in [-0.25, -0.2) is 4.79 Å². The largest absolute Gasteiger partial charge is 0.448 e. The Morgan fingerprint density at radius 1 is 0.886 bits per heavy atom. The molecule has 2 atom stereocenters. The van der Waals surface area contributed by atoms with Gasteiger partial charge in [0.15, 0.2) is 0 Å². The highest BCUT2D eigenvalue weighted by atomic mass is 16.6. The topological polar surface area (TPSA) is 65.1 Å². The zero-order valence-electron chi connectivity index (χ0n) is 20.5. The number of Topliss-reactive ketones (excluding diaryl/α,β-unsaturated/α-hetero) is 1. The van der Waals surface area contributed by atoms with Gasteiger partial charge >= 0.3 is 6.09 Å². The normalized spacial score (nSPS) is 23.0. The van der Waals surface area contributed by atoms with E-state index in [4.69, 9.17) is 14.2 Å². The minimum Gasteiger partial charge on any atom is -0.448 e.